The van der Waals surface area contributed by atoms with Gasteiger partial charge in [-0.15, -0.1) is 0 Å². The van der Waals surface area contributed by atoms with E-state index in [-0.39, 0.29) is 6.04 Å². The summed E-state index contributed by atoms with van der Waals surface area (Å²) in [5.74, 6) is 6.21. The molecule has 1 nitrogen and oxygen atoms in total. The molecule has 0 aliphatic heterocycles. The molecule has 0 bridgehead atoms. The standard InChI is InChI=1S/C15H21N/c1-4-13-9-7-12(11-14(13)5-2)8-10-15(16)6-3/h7,9,11,15H,4-6,16H2,1-3H3. The number of benzene rings is 1. The van der Waals surface area contributed by atoms with Gasteiger partial charge >= 0.3 is 0 Å². The molecule has 86 valence electrons. The molecular weight excluding hydrogens is 194 g/mol. The fourth-order valence-corrected chi connectivity index (χ4v) is 1.66. The van der Waals surface area contributed by atoms with Crippen LogP contribution in [0, 0.1) is 11.8 Å². The quantitative estimate of drug-likeness (QED) is 0.771. The summed E-state index contributed by atoms with van der Waals surface area (Å²) in [6, 6.07) is 6.46. The molecule has 0 saturated heterocycles. The van der Waals surface area contributed by atoms with Crippen LogP contribution in [0.1, 0.15) is 43.9 Å². The van der Waals surface area contributed by atoms with E-state index in [1.807, 2.05) is 0 Å². The van der Waals surface area contributed by atoms with Gasteiger partial charge in [-0.3, -0.25) is 0 Å². The summed E-state index contributed by atoms with van der Waals surface area (Å²) in [6.07, 6.45) is 3.06. The predicted molar refractivity (Wildman–Crippen MR) is 70.3 cm³/mol. The zero-order chi connectivity index (χ0) is 12.0. The first-order valence-corrected chi connectivity index (χ1v) is 6.10. The van der Waals surface area contributed by atoms with Crippen molar-refractivity contribution in [3.8, 4) is 11.8 Å². The van der Waals surface area contributed by atoms with Crippen molar-refractivity contribution in [2.45, 2.75) is 46.1 Å². The third-order valence-electron chi connectivity index (χ3n) is 2.81. The third-order valence-corrected chi connectivity index (χ3v) is 2.81. The van der Waals surface area contributed by atoms with Crippen LogP contribution in [0.5, 0.6) is 0 Å². The highest BCUT2D eigenvalue weighted by atomic mass is 14.6. The van der Waals surface area contributed by atoms with Gasteiger partial charge in [0.25, 0.3) is 0 Å². The van der Waals surface area contributed by atoms with Crippen LogP contribution in [-0.4, -0.2) is 6.04 Å². The molecule has 1 aromatic rings. The normalized spacial score (nSPS) is 11.8. The van der Waals surface area contributed by atoms with Gasteiger partial charge in [0.1, 0.15) is 0 Å². The van der Waals surface area contributed by atoms with Gasteiger partial charge in [0.2, 0.25) is 0 Å². The number of aryl methyl sites for hydroxylation is 2. The van der Waals surface area contributed by atoms with Gasteiger partial charge in [-0.05, 0) is 42.5 Å². The maximum Gasteiger partial charge on any atom is 0.0665 e. The molecule has 0 aliphatic carbocycles. The van der Waals surface area contributed by atoms with Crippen molar-refractivity contribution in [1.82, 2.24) is 0 Å². The highest BCUT2D eigenvalue weighted by Crippen LogP contribution is 2.13. The molecule has 1 aromatic carbocycles. The van der Waals surface area contributed by atoms with Gasteiger partial charge in [-0.2, -0.15) is 0 Å². The first kappa shape index (κ1) is 12.8. The summed E-state index contributed by atoms with van der Waals surface area (Å²) in [5, 5.41) is 0. The van der Waals surface area contributed by atoms with Crippen LogP contribution in [0.4, 0.5) is 0 Å². The monoisotopic (exact) mass is 215 g/mol. The molecule has 1 rings (SSSR count). The molecule has 1 heteroatoms. The maximum atomic E-state index is 5.77. The van der Waals surface area contributed by atoms with Crippen LogP contribution < -0.4 is 5.73 Å². The van der Waals surface area contributed by atoms with Gasteiger partial charge in [-0.1, -0.05) is 38.7 Å². The Morgan fingerprint density at radius 2 is 1.81 bits per heavy atom. The Balaban J connectivity index is 2.93. The first-order valence-electron chi connectivity index (χ1n) is 6.10. The van der Waals surface area contributed by atoms with Crippen molar-refractivity contribution >= 4 is 0 Å². The van der Waals surface area contributed by atoms with Gasteiger partial charge in [-0.25, -0.2) is 0 Å². The van der Waals surface area contributed by atoms with Gasteiger partial charge in [0.15, 0.2) is 0 Å². The second-order valence-electron chi connectivity index (χ2n) is 3.97. The second kappa shape index (κ2) is 6.35. The summed E-state index contributed by atoms with van der Waals surface area (Å²) >= 11 is 0. The Labute approximate surface area is 99.1 Å². The number of nitrogens with two attached hydrogens (primary N) is 1. The number of hydrogen-bond donors (Lipinski definition) is 1. The fraction of sp³-hybridized carbons (Fsp3) is 0.467. The van der Waals surface area contributed by atoms with Crippen molar-refractivity contribution in [1.29, 1.82) is 0 Å². The molecule has 0 heterocycles. The largest absolute Gasteiger partial charge is 0.318 e. The van der Waals surface area contributed by atoms with E-state index in [0.29, 0.717) is 0 Å². The smallest absolute Gasteiger partial charge is 0.0665 e. The zero-order valence-corrected chi connectivity index (χ0v) is 10.5. The average Bonchev–Trinajstić information content (AvgIpc) is 2.35. The van der Waals surface area contributed by atoms with E-state index in [9.17, 15) is 0 Å². The zero-order valence-electron chi connectivity index (χ0n) is 10.5. The van der Waals surface area contributed by atoms with E-state index in [1.54, 1.807) is 0 Å². The average molecular weight is 215 g/mol. The van der Waals surface area contributed by atoms with Crippen LogP contribution in [0.15, 0.2) is 18.2 Å². The van der Waals surface area contributed by atoms with Gasteiger partial charge < -0.3 is 5.73 Å². The molecule has 2 N–H and O–H groups in total. The fourth-order valence-electron chi connectivity index (χ4n) is 1.66. The molecule has 0 amide bonds. The molecule has 16 heavy (non-hydrogen) atoms. The molecule has 0 fully saturated rings. The van der Waals surface area contributed by atoms with Crippen molar-refractivity contribution in [2.24, 2.45) is 5.73 Å². The first-order chi connectivity index (χ1) is 7.71. The molecule has 1 atom stereocenters. The van der Waals surface area contributed by atoms with Crippen molar-refractivity contribution in [3.63, 3.8) is 0 Å². The Bertz CT molecular complexity index is 396. The topological polar surface area (TPSA) is 26.0 Å². The van der Waals surface area contributed by atoms with E-state index in [2.05, 4.69) is 50.8 Å². The van der Waals surface area contributed by atoms with Crippen molar-refractivity contribution in [3.05, 3.63) is 34.9 Å². The minimum absolute atomic E-state index is 0.00377. The summed E-state index contributed by atoms with van der Waals surface area (Å²) in [5.41, 5.74) is 9.68. The van der Waals surface area contributed by atoms with Gasteiger partial charge in [0, 0.05) is 5.56 Å². The summed E-state index contributed by atoms with van der Waals surface area (Å²) in [7, 11) is 0. The SMILES string of the molecule is CCc1ccc(C#CC(N)CC)cc1CC. The minimum Gasteiger partial charge on any atom is -0.318 e. The summed E-state index contributed by atoms with van der Waals surface area (Å²) in [4.78, 5) is 0. The van der Waals surface area contributed by atoms with Crippen LogP contribution in [-0.2, 0) is 12.8 Å². The Hall–Kier alpha value is -1.26. The van der Waals surface area contributed by atoms with E-state index < -0.39 is 0 Å². The van der Waals surface area contributed by atoms with E-state index in [1.165, 1.54) is 11.1 Å². The lowest BCUT2D eigenvalue weighted by atomic mass is 10.00. The molecule has 1 unspecified atom stereocenters. The highest BCUT2D eigenvalue weighted by molar-refractivity contribution is 5.41. The molecule has 0 aromatic heterocycles. The molecule has 0 spiro atoms. The Morgan fingerprint density at radius 1 is 1.12 bits per heavy atom. The molecular formula is C15H21N. The molecule has 0 radical (unpaired) electrons. The lowest BCUT2D eigenvalue weighted by Gasteiger charge is -2.05. The minimum atomic E-state index is -0.00377. The molecule has 0 aliphatic rings. The highest BCUT2D eigenvalue weighted by Gasteiger charge is 1.99. The predicted octanol–water partition coefficient (Wildman–Crippen LogP) is 2.90. The lowest BCUT2D eigenvalue weighted by molar-refractivity contribution is 0.806. The van der Waals surface area contributed by atoms with Crippen LogP contribution in [0.25, 0.3) is 0 Å². The summed E-state index contributed by atoms with van der Waals surface area (Å²) < 4.78 is 0. The molecule has 0 saturated carbocycles. The second-order valence-corrected chi connectivity index (χ2v) is 3.97. The number of hydrogen-bond acceptors (Lipinski definition) is 1. The third kappa shape index (κ3) is 3.40. The number of rotatable bonds is 3. The Morgan fingerprint density at radius 3 is 2.38 bits per heavy atom. The van der Waals surface area contributed by atoms with Crippen LogP contribution in [0.3, 0.4) is 0 Å². The maximum absolute atomic E-state index is 5.77. The van der Waals surface area contributed by atoms with Crippen molar-refractivity contribution < 1.29 is 0 Å². The summed E-state index contributed by atoms with van der Waals surface area (Å²) in [6.45, 7) is 6.42. The van der Waals surface area contributed by atoms with E-state index >= 15 is 0 Å². The lowest BCUT2D eigenvalue weighted by Crippen LogP contribution is -2.15. The van der Waals surface area contributed by atoms with Crippen molar-refractivity contribution in [2.75, 3.05) is 0 Å². The van der Waals surface area contributed by atoms with E-state index in [4.69, 9.17) is 5.73 Å². The Kier molecular flexibility index (Phi) is 5.08. The van der Waals surface area contributed by atoms with Crippen LogP contribution in [0.2, 0.25) is 0 Å². The van der Waals surface area contributed by atoms with E-state index in [0.717, 1.165) is 24.8 Å². The van der Waals surface area contributed by atoms with Gasteiger partial charge in [0.05, 0.1) is 6.04 Å². The van der Waals surface area contributed by atoms with Crippen LogP contribution >= 0.6 is 0 Å².